The quantitative estimate of drug-likeness (QED) is 0.590. The second-order valence-electron chi connectivity index (χ2n) is 4.36. The van der Waals surface area contributed by atoms with Crippen molar-refractivity contribution in [1.29, 1.82) is 0 Å². The van der Waals surface area contributed by atoms with Gasteiger partial charge in [-0.2, -0.15) is 5.10 Å². The van der Waals surface area contributed by atoms with Crippen molar-refractivity contribution in [2.24, 2.45) is 5.10 Å². The summed E-state index contributed by atoms with van der Waals surface area (Å²) >= 11 is 0. The number of nitrogens with one attached hydrogen (secondary N) is 1. The van der Waals surface area contributed by atoms with Crippen molar-refractivity contribution < 1.29 is 4.79 Å². The zero-order valence-corrected chi connectivity index (χ0v) is 11.1. The zero-order valence-electron chi connectivity index (χ0n) is 11.1. The lowest BCUT2D eigenvalue weighted by atomic mass is 10.1. The summed E-state index contributed by atoms with van der Waals surface area (Å²) in [6, 6.07) is 13.9. The largest absolute Gasteiger partial charge is 0.291 e. The van der Waals surface area contributed by atoms with Crippen LogP contribution in [-0.2, 0) is 0 Å². The molecular formula is C16H12N4O. The Bertz CT molecular complexity index is 794. The van der Waals surface area contributed by atoms with Crippen molar-refractivity contribution in [2.75, 3.05) is 0 Å². The maximum absolute atomic E-state index is 11.8. The van der Waals surface area contributed by atoms with Crippen LogP contribution in [-0.4, -0.2) is 22.1 Å². The molecule has 102 valence electrons. The van der Waals surface area contributed by atoms with E-state index in [9.17, 15) is 4.79 Å². The van der Waals surface area contributed by atoms with Gasteiger partial charge in [0, 0.05) is 18.0 Å². The van der Waals surface area contributed by atoms with Gasteiger partial charge in [0.1, 0.15) is 5.69 Å². The molecule has 2 aromatic carbocycles. The number of carbonyl (C=O) groups is 1. The molecular weight excluding hydrogens is 264 g/mol. The molecule has 5 nitrogen and oxygen atoms in total. The van der Waals surface area contributed by atoms with Crippen LogP contribution in [0.1, 0.15) is 16.1 Å². The van der Waals surface area contributed by atoms with Crippen LogP contribution in [0.15, 0.2) is 66.2 Å². The van der Waals surface area contributed by atoms with Gasteiger partial charge in [0.15, 0.2) is 0 Å². The van der Waals surface area contributed by atoms with E-state index in [1.54, 1.807) is 6.21 Å². The van der Waals surface area contributed by atoms with Crippen molar-refractivity contribution in [1.82, 2.24) is 15.4 Å². The molecule has 0 spiro atoms. The topological polar surface area (TPSA) is 67.2 Å². The van der Waals surface area contributed by atoms with Gasteiger partial charge >= 0.3 is 0 Å². The minimum absolute atomic E-state index is 0.229. The fourth-order valence-electron chi connectivity index (χ4n) is 2.00. The second-order valence-corrected chi connectivity index (χ2v) is 4.36. The Kier molecular flexibility index (Phi) is 3.64. The van der Waals surface area contributed by atoms with E-state index in [-0.39, 0.29) is 11.6 Å². The third kappa shape index (κ3) is 2.92. The highest BCUT2D eigenvalue weighted by molar-refractivity contribution is 6.00. The third-order valence-electron chi connectivity index (χ3n) is 2.99. The SMILES string of the molecule is O=C(N/N=C\c1cccc2ccccc12)c1cnccn1. The van der Waals surface area contributed by atoms with Crippen molar-refractivity contribution >= 4 is 22.9 Å². The highest BCUT2D eigenvalue weighted by Crippen LogP contribution is 2.16. The Morgan fingerprint density at radius 1 is 1.10 bits per heavy atom. The number of hydrogen-bond donors (Lipinski definition) is 1. The van der Waals surface area contributed by atoms with Gasteiger partial charge in [-0.1, -0.05) is 42.5 Å². The Morgan fingerprint density at radius 3 is 2.81 bits per heavy atom. The van der Waals surface area contributed by atoms with Gasteiger partial charge < -0.3 is 0 Å². The molecule has 3 rings (SSSR count). The summed E-state index contributed by atoms with van der Waals surface area (Å²) in [5.74, 6) is -0.389. The fraction of sp³-hybridized carbons (Fsp3) is 0. The van der Waals surface area contributed by atoms with Crippen molar-refractivity contribution in [3.63, 3.8) is 0 Å². The van der Waals surface area contributed by atoms with Gasteiger partial charge in [-0.3, -0.25) is 9.78 Å². The van der Waals surface area contributed by atoms with Gasteiger partial charge in [-0.15, -0.1) is 0 Å². The fourth-order valence-corrected chi connectivity index (χ4v) is 2.00. The minimum atomic E-state index is -0.389. The summed E-state index contributed by atoms with van der Waals surface area (Å²) in [5.41, 5.74) is 3.61. The molecule has 0 unspecified atom stereocenters. The van der Waals surface area contributed by atoms with Crippen LogP contribution in [0.5, 0.6) is 0 Å². The first kappa shape index (κ1) is 12.9. The Morgan fingerprint density at radius 2 is 1.95 bits per heavy atom. The van der Waals surface area contributed by atoms with Crippen LogP contribution in [0.2, 0.25) is 0 Å². The Balaban J connectivity index is 1.78. The normalized spacial score (nSPS) is 10.9. The predicted molar refractivity (Wildman–Crippen MR) is 81.0 cm³/mol. The monoisotopic (exact) mass is 276 g/mol. The molecule has 0 aliphatic carbocycles. The lowest BCUT2D eigenvalue weighted by Gasteiger charge is -2.01. The van der Waals surface area contributed by atoms with Crippen LogP contribution in [0.4, 0.5) is 0 Å². The average Bonchev–Trinajstić information content (AvgIpc) is 2.56. The maximum Gasteiger partial charge on any atom is 0.291 e. The summed E-state index contributed by atoms with van der Waals surface area (Å²) in [7, 11) is 0. The summed E-state index contributed by atoms with van der Waals surface area (Å²) in [6.45, 7) is 0. The molecule has 0 radical (unpaired) electrons. The van der Waals surface area contributed by atoms with E-state index < -0.39 is 0 Å². The van der Waals surface area contributed by atoms with Gasteiger partial charge in [-0.25, -0.2) is 10.4 Å². The number of rotatable bonds is 3. The molecule has 0 aliphatic heterocycles. The van der Waals surface area contributed by atoms with Gasteiger partial charge in [0.25, 0.3) is 5.91 Å². The van der Waals surface area contributed by atoms with Crippen LogP contribution in [0.3, 0.4) is 0 Å². The van der Waals surface area contributed by atoms with E-state index in [1.165, 1.54) is 18.6 Å². The van der Waals surface area contributed by atoms with E-state index in [4.69, 9.17) is 0 Å². The van der Waals surface area contributed by atoms with E-state index in [1.807, 2.05) is 42.5 Å². The van der Waals surface area contributed by atoms with Crippen LogP contribution < -0.4 is 5.43 Å². The van der Waals surface area contributed by atoms with E-state index in [0.717, 1.165) is 16.3 Å². The molecule has 1 aromatic heterocycles. The number of amides is 1. The Labute approximate surface area is 121 Å². The molecule has 21 heavy (non-hydrogen) atoms. The van der Waals surface area contributed by atoms with E-state index >= 15 is 0 Å². The van der Waals surface area contributed by atoms with Crippen LogP contribution in [0, 0.1) is 0 Å². The van der Waals surface area contributed by atoms with Gasteiger partial charge in [0.2, 0.25) is 0 Å². The molecule has 0 atom stereocenters. The van der Waals surface area contributed by atoms with E-state index in [2.05, 4.69) is 20.5 Å². The minimum Gasteiger partial charge on any atom is -0.265 e. The summed E-state index contributed by atoms with van der Waals surface area (Å²) in [4.78, 5) is 19.5. The molecule has 0 fully saturated rings. The molecule has 1 heterocycles. The molecule has 5 heteroatoms. The number of benzene rings is 2. The number of fused-ring (bicyclic) bond motifs is 1. The first-order chi connectivity index (χ1) is 10.3. The molecule has 1 amide bonds. The average molecular weight is 276 g/mol. The molecule has 1 N–H and O–H groups in total. The summed E-state index contributed by atoms with van der Waals surface area (Å²) in [6.07, 6.45) is 5.98. The molecule has 0 saturated carbocycles. The number of nitrogens with zero attached hydrogens (tertiary/aromatic N) is 3. The smallest absolute Gasteiger partial charge is 0.265 e. The molecule has 0 bridgehead atoms. The van der Waals surface area contributed by atoms with Crippen LogP contribution in [0.25, 0.3) is 10.8 Å². The lowest BCUT2D eigenvalue weighted by Crippen LogP contribution is -2.19. The van der Waals surface area contributed by atoms with Gasteiger partial charge in [0.05, 0.1) is 12.4 Å². The first-order valence-electron chi connectivity index (χ1n) is 6.42. The van der Waals surface area contributed by atoms with Crippen molar-refractivity contribution in [3.05, 3.63) is 72.3 Å². The standard InChI is InChI=1S/C16H12N4O/c21-16(15-11-17-8-9-18-15)20-19-10-13-6-3-5-12-4-1-2-7-14(12)13/h1-11H,(H,20,21)/b19-10-. The number of aromatic nitrogens is 2. The second kappa shape index (κ2) is 5.92. The highest BCUT2D eigenvalue weighted by atomic mass is 16.2. The molecule has 0 saturated heterocycles. The molecule has 3 aromatic rings. The Hall–Kier alpha value is -3.08. The molecule has 0 aliphatic rings. The van der Waals surface area contributed by atoms with E-state index in [0.29, 0.717) is 0 Å². The lowest BCUT2D eigenvalue weighted by molar-refractivity contribution is 0.0949. The first-order valence-corrected chi connectivity index (χ1v) is 6.42. The van der Waals surface area contributed by atoms with Crippen LogP contribution >= 0.6 is 0 Å². The van der Waals surface area contributed by atoms with Crippen molar-refractivity contribution in [3.8, 4) is 0 Å². The summed E-state index contributed by atoms with van der Waals surface area (Å²) in [5, 5.41) is 6.18. The van der Waals surface area contributed by atoms with Crippen molar-refractivity contribution in [2.45, 2.75) is 0 Å². The number of hydrogen-bond acceptors (Lipinski definition) is 4. The van der Waals surface area contributed by atoms with Gasteiger partial charge in [-0.05, 0) is 10.8 Å². The third-order valence-corrected chi connectivity index (χ3v) is 2.99. The predicted octanol–water partition coefficient (Wildman–Crippen LogP) is 2.39. The summed E-state index contributed by atoms with van der Waals surface area (Å²) < 4.78 is 0. The number of carbonyl (C=O) groups excluding carboxylic acids is 1. The zero-order chi connectivity index (χ0) is 14.5. The highest BCUT2D eigenvalue weighted by Gasteiger charge is 2.04. The number of hydrazone groups is 1. The maximum atomic E-state index is 11.8.